The van der Waals surface area contributed by atoms with Crippen LogP contribution in [-0.4, -0.2) is 9.55 Å². The minimum atomic E-state index is -0.0776. The molecule has 0 spiro atoms. The van der Waals surface area contributed by atoms with Crippen LogP contribution in [0, 0.1) is 12.8 Å². The van der Waals surface area contributed by atoms with E-state index in [0.29, 0.717) is 18.3 Å². The summed E-state index contributed by atoms with van der Waals surface area (Å²) in [4.78, 5) is 15.5. The fraction of sp³-hybridized carbons (Fsp3) is 0.556. The third-order valence-corrected chi connectivity index (χ3v) is 1.91. The lowest BCUT2D eigenvalue weighted by atomic mass is 10.2. The van der Waals surface area contributed by atoms with E-state index in [0.717, 1.165) is 0 Å². The van der Waals surface area contributed by atoms with Crippen LogP contribution in [0.3, 0.4) is 0 Å². The molecule has 1 aromatic heterocycles. The first-order chi connectivity index (χ1) is 6.00. The second-order valence-corrected chi connectivity index (χ2v) is 3.86. The van der Waals surface area contributed by atoms with Crippen molar-refractivity contribution in [3.8, 4) is 0 Å². The minimum absolute atomic E-state index is 0.0776. The Morgan fingerprint density at radius 1 is 1.62 bits per heavy atom. The van der Waals surface area contributed by atoms with Crippen molar-refractivity contribution in [2.45, 2.75) is 27.3 Å². The van der Waals surface area contributed by atoms with Gasteiger partial charge in [0.05, 0.1) is 0 Å². The Morgan fingerprint density at radius 2 is 2.23 bits per heavy atom. The Labute approximate surface area is 82.4 Å². The first-order valence-electron chi connectivity index (χ1n) is 4.24. The molecule has 1 heterocycles. The summed E-state index contributed by atoms with van der Waals surface area (Å²) in [5.74, 6) is 1.10. The highest BCUT2D eigenvalue weighted by Gasteiger charge is 2.04. The summed E-state index contributed by atoms with van der Waals surface area (Å²) in [5.41, 5.74) is -0.0776. The SMILES string of the molecule is Cc1nc(Cl)cc(=O)n1CC(C)C. The Morgan fingerprint density at radius 3 is 2.69 bits per heavy atom. The van der Waals surface area contributed by atoms with Crippen molar-refractivity contribution in [3.63, 3.8) is 0 Å². The van der Waals surface area contributed by atoms with Crippen LogP contribution in [0.1, 0.15) is 19.7 Å². The first kappa shape index (κ1) is 10.3. The van der Waals surface area contributed by atoms with E-state index in [1.807, 2.05) is 0 Å². The van der Waals surface area contributed by atoms with Gasteiger partial charge in [-0.15, -0.1) is 0 Å². The molecule has 0 atom stereocenters. The van der Waals surface area contributed by atoms with Gasteiger partial charge in [0.15, 0.2) is 0 Å². The number of nitrogens with zero attached hydrogens (tertiary/aromatic N) is 2. The molecule has 0 aliphatic carbocycles. The molecule has 0 fully saturated rings. The maximum absolute atomic E-state index is 11.4. The lowest BCUT2D eigenvalue weighted by Gasteiger charge is -2.10. The van der Waals surface area contributed by atoms with Crippen LogP contribution in [0.15, 0.2) is 10.9 Å². The van der Waals surface area contributed by atoms with Gasteiger partial charge in [0, 0.05) is 12.6 Å². The molecule has 0 aliphatic rings. The van der Waals surface area contributed by atoms with Gasteiger partial charge in [0.25, 0.3) is 5.56 Å². The molecule has 0 bridgehead atoms. The molecule has 1 aromatic rings. The van der Waals surface area contributed by atoms with Crippen molar-refractivity contribution in [3.05, 3.63) is 27.4 Å². The molecule has 0 saturated carbocycles. The standard InChI is InChI=1S/C9H13ClN2O/c1-6(2)5-12-7(3)11-8(10)4-9(12)13/h4,6H,5H2,1-3H3. The van der Waals surface area contributed by atoms with Crippen LogP contribution in [0.5, 0.6) is 0 Å². The average molecular weight is 201 g/mol. The largest absolute Gasteiger partial charge is 0.297 e. The summed E-state index contributed by atoms with van der Waals surface area (Å²) < 4.78 is 1.64. The predicted molar refractivity (Wildman–Crippen MR) is 53.1 cm³/mol. The minimum Gasteiger partial charge on any atom is -0.297 e. The molecule has 0 aliphatic heterocycles. The van der Waals surface area contributed by atoms with Crippen LogP contribution in [-0.2, 0) is 6.54 Å². The van der Waals surface area contributed by atoms with E-state index >= 15 is 0 Å². The number of aryl methyl sites for hydroxylation is 1. The fourth-order valence-electron chi connectivity index (χ4n) is 1.17. The Balaban J connectivity index is 3.14. The van der Waals surface area contributed by atoms with Crippen molar-refractivity contribution in [1.82, 2.24) is 9.55 Å². The van der Waals surface area contributed by atoms with Crippen molar-refractivity contribution in [2.24, 2.45) is 5.92 Å². The number of hydrogen-bond donors (Lipinski definition) is 0. The van der Waals surface area contributed by atoms with Gasteiger partial charge in [-0.1, -0.05) is 25.4 Å². The summed E-state index contributed by atoms with van der Waals surface area (Å²) in [6.45, 7) is 6.59. The van der Waals surface area contributed by atoms with Crippen molar-refractivity contribution in [2.75, 3.05) is 0 Å². The van der Waals surface area contributed by atoms with Crippen LogP contribution in [0.4, 0.5) is 0 Å². The predicted octanol–water partition coefficient (Wildman–Crippen LogP) is 1.86. The normalized spacial score (nSPS) is 10.8. The second-order valence-electron chi connectivity index (χ2n) is 3.47. The van der Waals surface area contributed by atoms with Gasteiger partial charge in [0.2, 0.25) is 0 Å². The molecule has 1 rings (SSSR count). The van der Waals surface area contributed by atoms with Crippen molar-refractivity contribution < 1.29 is 0 Å². The smallest absolute Gasteiger partial charge is 0.254 e. The number of rotatable bonds is 2. The summed E-state index contributed by atoms with van der Waals surface area (Å²) in [7, 11) is 0. The van der Waals surface area contributed by atoms with Gasteiger partial charge >= 0.3 is 0 Å². The lowest BCUT2D eigenvalue weighted by molar-refractivity contribution is 0.494. The van der Waals surface area contributed by atoms with Gasteiger partial charge in [-0.05, 0) is 12.8 Å². The topological polar surface area (TPSA) is 34.9 Å². The van der Waals surface area contributed by atoms with Crippen LogP contribution >= 0.6 is 11.6 Å². The monoisotopic (exact) mass is 200 g/mol. The van der Waals surface area contributed by atoms with Gasteiger partial charge in [-0.3, -0.25) is 9.36 Å². The van der Waals surface area contributed by atoms with E-state index in [-0.39, 0.29) is 10.7 Å². The summed E-state index contributed by atoms with van der Waals surface area (Å²) in [5, 5.41) is 0.266. The summed E-state index contributed by atoms with van der Waals surface area (Å²) >= 11 is 5.63. The summed E-state index contributed by atoms with van der Waals surface area (Å²) in [6, 6.07) is 1.34. The van der Waals surface area contributed by atoms with E-state index in [1.165, 1.54) is 6.07 Å². The maximum Gasteiger partial charge on any atom is 0.254 e. The van der Waals surface area contributed by atoms with Crippen LogP contribution in [0.25, 0.3) is 0 Å². The molecule has 0 N–H and O–H groups in total. The molecule has 4 heteroatoms. The van der Waals surface area contributed by atoms with Crippen molar-refractivity contribution >= 4 is 11.6 Å². The average Bonchev–Trinajstić information content (AvgIpc) is 1.96. The molecule has 0 amide bonds. The number of aromatic nitrogens is 2. The third-order valence-electron chi connectivity index (χ3n) is 1.72. The highest BCUT2D eigenvalue weighted by atomic mass is 35.5. The first-order valence-corrected chi connectivity index (χ1v) is 4.62. The van der Waals surface area contributed by atoms with Gasteiger partial charge in [0.1, 0.15) is 11.0 Å². The Bertz CT molecular complexity index is 357. The Kier molecular flexibility index (Phi) is 3.09. The van der Waals surface area contributed by atoms with E-state index in [2.05, 4.69) is 18.8 Å². The van der Waals surface area contributed by atoms with E-state index in [1.54, 1.807) is 11.5 Å². The van der Waals surface area contributed by atoms with Gasteiger partial charge < -0.3 is 0 Å². The lowest BCUT2D eigenvalue weighted by Crippen LogP contribution is -2.24. The number of hydrogen-bond acceptors (Lipinski definition) is 2. The third kappa shape index (κ3) is 2.56. The molecule has 3 nitrogen and oxygen atoms in total. The van der Waals surface area contributed by atoms with Gasteiger partial charge in [-0.2, -0.15) is 0 Å². The highest BCUT2D eigenvalue weighted by molar-refractivity contribution is 6.29. The van der Waals surface area contributed by atoms with Gasteiger partial charge in [-0.25, -0.2) is 4.98 Å². The quantitative estimate of drug-likeness (QED) is 0.684. The molecule has 0 unspecified atom stereocenters. The van der Waals surface area contributed by atoms with E-state index < -0.39 is 0 Å². The van der Waals surface area contributed by atoms with Crippen LogP contribution < -0.4 is 5.56 Å². The van der Waals surface area contributed by atoms with E-state index in [4.69, 9.17) is 11.6 Å². The molecule has 13 heavy (non-hydrogen) atoms. The highest BCUT2D eigenvalue weighted by Crippen LogP contribution is 2.03. The number of halogens is 1. The summed E-state index contributed by atoms with van der Waals surface area (Å²) in [6.07, 6.45) is 0. The molecule has 0 saturated heterocycles. The molecular formula is C9H13ClN2O. The maximum atomic E-state index is 11.4. The molecular weight excluding hydrogens is 188 g/mol. The molecule has 0 aromatic carbocycles. The van der Waals surface area contributed by atoms with E-state index in [9.17, 15) is 4.79 Å². The zero-order chi connectivity index (χ0) is 10.0. The fourth-order valence-corrected chi connectivity index (χ4v) is 1.39. The molecule has 72 valence electrons. The molecule has 0 radical (unpaired) electrons. The van der Waals surface area contributed by atoms with Crippen molar-refractivity contribution in [1.29, 1.82) is 0 Å². The zero-order valence-corrected chi connectivity index (χ0v) is 8.80. The Hall–Kier alpha value is -0.830. The second kappa shape index (κ2) is 3.92. The zero-order valence-electron chi connectivity index (χ0n) is 8.04. The van der Waals surface area contributed by atoms with Crippen LogP contribution in [0.2, 0.25) is 5.15 Å².